The number of rotatable bonds is 1. The minimum Gasteiger partial charge on any atom is -0.216 e. The Kier molecular flexibility index (Phi) is 3.13. The molecule has 0 aliphatic heterocycles. The second-order valence-corrected chi connectivity index (χ2v) is 4.49. The molecule has 2 aromatic rings. The number of halogens is 2. The number of aryl methyl sites for hydroxylation is 2. The summed E-state index contributed by atoms with van der Waals surface area (Å²) in [5, 5.41) is 0.711. The molecule has 1 aromatic heterocycles. The van der Waals surface area contributed by atoms with Crippen molar-refractivity contribution in [3.63, 3.8) is 0 Å². The molecule has 0 aliphatic rings. The van der Waals surface area contributed by atoms with E-state index in [9.17, 15) is 0 Å². The molecular weight excluding hydrogens is 243 g/mol. The molecule has 82 valence electrons. The summed E-state index contributed by atoms with van der Waals surface area (Å²) in [5.41, 5.74) is 3.26. The van der Waals surface area contributed by atoms with E-state index in [2.05, 4.69) is 16.0 Å². The first kappa shape index (κ1) is 11.4. The zero-order chi connectivity index (χ0) is 11.7. The highest BCUT2D eigenvalue weighted by Gasteiger charge is 2.05. The van der Waals surface area contributed by atoms with Gasteiger partial charge in [0, 0.05) is 11.6 Å². The van der Waals surface area contributed by atoms with Gasteiger partial charge in [-0.15, -0.1) is 0 Å². The molecule has 0 spiro atoms. The lowest BCUT2D eigenvalue weighted by Crippen LogP contribution is -1.91. The largest absolute Gasteiger partial charge is 0.216 e. The van der Waals surface area contributed by atoms with Crippen LogP contribution in [0.15, 0.2) is 24.3 Å². The molecule has 1 heterocycles. The molecule has 0 atom stereocenters. The van der Waals surface area contributed by atoms with Gasteiger partial charge >= 0.3 is 0 Å². The van der Waals surface area contributed by atoms with Gasteiger partial charge in [0.2, 0.25) is 0 Å². The number of aromatic nitrogens is 2. The van der Waals surface area contributed by atoms with Crippen molar-refractivity contribution in [2.24, 2.45) is 0 Å². The predicted octanol–water partition coefficient (Wildman–Crippen LogP) is 4.07. The molecule has 0 fully saturated rings. The maximum atomic E-state index is 5.84. The Hall–Kier alpha value is -1.12. The van der Waals surface area contributed by atoms with Gasteiger partial charge in [-0.25, -0.2) is 9.97 Å². The maximum absolute atomic E-state index is 5.84. The molecule has 0 N–H and O–H groups in total. The summed E-state index contributed by atoms with van der Waals surface area (Å²) in [4.78, 5) is 8.31. The van der Waals surface area contributed by atoms with Gasteiger partial charge in [0.15, 0.2) is 5.82 Å². The fraction of sp³-hybridized carbons (Fsp3) is 0.167. The van der Waals surface area contributed by atoms with Crippen LogP contribution in [0.4, 0.5) is 0 Å². The van der Waals surface area contributed by atoms with E-state index in [-0.39, 0.29) is 0 Å². The Morgan fingerprint density at radius 2 is 1.31 bits per heavy atom. The standard InChI is InChI=1S/C12H10Cl2N2/c1-7-3-8(2)5-9(4-7)12-15-10(13)6-11(14)16-12/h3-6H,1-2H3. The number of nitrogens with zero attached hydrogens (tertiary/aromatic N) is 2. The van der Waals surface area contributed by atoms with E-state index in [1.807, 2.05) is 26.0 Å². The van der Waals surface area contributed by atoms with Crippen molar-refractivity contribution in [2.75, 3.05) is 0 Å². The monoisotopic (exact) mass is 252 g/mol. The molecule has 2 rings (SSSR count). The van der Waals surface area contributed by atoms with Gasteiger partial charge in [0.25, 0.3) is 0 Å². The average molecular weight is 253 g/mol. The van der Waals surface area contributed by atoms with Crippen molar-refractivity contribution in [2.45, 2.75) is 13.8 Å². The van der Waals surface area contributed by atoms with Crippen LogP contribution in [0.25, 0.3) is 11.4 Å². The molecule has 2 nitrogen and oxygen atoms in total. The highest BCUT2D eigenvalue weighted by atomic mass is 35.5. The summed E-state index contributed by atoms with van der Waals surface area (Å²) in [7, 11) is 0. The van der Waals surface area contributed by atoms with Crippen molar-refractivity contribution in [3.05, 3.63) is 45.7 Å². The van der Waals surface area contributed by atoms with Crippen molar-refractivity contribution < 1.29 is 0 Å². The summed E-state index contributed by atoms with van der Waals surface area (Å²) in [6.07, 6.45) is 0. The summed E-state index contributed by atoms with van der Waals surface area (Å²) in [5.74, 6) is 0.560. The summed E-state index contributed by atoms with van der Waals surface area (Å²) < 4.78 is 0. The zero-order valence-electron chi connectivity index (χ0n) is 8.96. The third kappa shape index (κ3) is 2.52. The molecule has 0 radical (unpaired) electrons. The Labute approximate surface area is 104 Å². The minimum atomic E-state index is 0.356. The highest BCUT2D eigenvalue weighted by Crippen LogP contribution is 2.22. The fourth-order valence-electron chi connectivity index (χ4n) is 1.62. The third-order valence-corrected chi connectivity index (χ3v) is 2.53. The summed E-state index contributed by atoms with van der Waals surface area (Å²) >= 11 is 11.7. The number of benzene rings is 1. The van der Waals surface area contributed by atoms with E-state index in [1.54, 1.807) is 0 Å². The van der Waals surface area contributed by atoms with Crippen LogP contribution >= 0.6 is 23.2 Å². The predicted molar refractivity (Wildman–Crippen MR) is 67.0 cm³/mol. The zero-order valence-corrected chi connectivity index (χ0v) is 10.5. The Balaban J connectivity index is 2.57. The first-order chi connectivity index (χ1) is 7.54. The molecule has 0 saturated heterocycles. The molecular formula is C12H10Cl2N2. The summed E-state index contributed by atoms with van der Waals surface area (Å²) in [6.45, 7) is 4.06. The lowest BCUT2D eigenvalue weighted by molar-refractivity contribution is 1.17. The van der Waals surface area contributed by atoms with E-state index in [4.69, 9.17) is 23.2 Å². The number of hydrogen-bond donors (Lipinski definition) is 0. The minimum absolute atomic E-state index is 0.356. The van der Waals surface area contributed by atoms with Gasteiger partial charge in [-0.1, -0.05) is 40.4 Å². The van der Waals surface area contributed by atoms with Gasteiger partial charge in [0.1, 0.15) is 10.3 Å². The quantitative estimate of drug-likeness (QED) is 0.716. The first-order valence-corrected chi connectivity index (χ1v) is 5.59. The van der Waals surface area contributed by atoms with E-state index in [0.717, 1.165) is 16.7 Å². The Bertz CT molecular complexity index is 449. The van der Waals surface area contributed by atoms with Crippen LogP contribution in [0.3, 0.4) is 0 Å². The average Bonchev–Trinajstić information content (AvgIpc) is 2.14. The second kappa shape index (κ2) is 4.40. The molecule has 0 unspecified atom stereocenters. The lowest BCUT2D eigenvalue weighted by atomic mass is 10.1. The lowest BCUT2D eigenvalue weighted by Gasteiger charge is -2.04. The van der Waals surface area contributed by atoms with Crippen molar-refractivity contribution in [3.8, 4) is 11.4 Å². The Morgan fingerprint density at radius 1 is 0.812 bits per heavy atom. The van der Waals surface area contributed by atoms with Gasteiger partial charge in [0.05, 0.1) is 0 Å². The maximum Gasteiger partial charge on any atom is 0.162 e. The van der Waals surface area contributed by atoms with Gasteiger partial charge in [-0.3, -0.25) is 0 Å². The SMILES string of the molecule is Cc1cc(C)cc(-c2nc(Cl)cc(Cl)n2)c1. The van der Waals surface area contributed by atoms with Crippen molar-refractivity contribution in [1.29, 1.82) is 0 Å². The first-order valence-electron chi connectivity index (χ1n) is 4.83. The van der Waals surface area contributed by atoms with E-state index >= 15 is 0 Å². The molecule has 4 heteroatoms. The molecule has 16 heavy (non-hydrogen) atoms. The Morgan fingerprint density at radius 3 is 1.81 bits per heavy atom. The number of hydrogen-bond acceptors (Lipinski definition) is 2. The van der Waals surface area contributed by atoms with Crippen molar-refractivity contribution in [1.82, 2.24) is 9.97 Å². The molecule has 0 aliphatic carbocycles. The van der Waals surface area contributed by atoms with Crippen LogP contribution in [0.5, 0.6) is 0 Å². The third-order valence-electron chi connectivity index (χ3n) is 2.14. The van der Waals surface area contributed by atoms with E-state index in [0.29, 0.717) is 16.1 Å². The van der Waals surface area contributed by atoms with E-state index in [1.165, 1.54) is 6.07 Å². The van der Waals surface area contributed by atoms with Crippen LogP contribution in [0, 0.1) is 13.8 Å². The van der Waals surface area contributed by atoms with E-state index < -0.39 is 0 Å². The molecule has 1 aromatic carbocycles. The van der Waals surface area contributed by atoms with Gasteiger partial charge in [-0.2, -0.15) is 0 Å². The van der Waals surface area contributed by atoms with Gasteiger partial charge < -0.3 is 0 Å². The second-order valence-electron chi connectivity index (χ2n) is 3.71. The fourth-order valence-corrected chi connectivity index (χ4v) is 2.05. The van der Waals surface area contributed by atoms with Crippen LogP contribution in [-0.4, -0.2) is 9.97 Å². The van der Waals surface area contributed by atoms with Crippen LogP contribution in [0.2, 0.25) is 10.3 Å². The van der Waals surface area contributed by atoms with Crippen LogP contribution < -0.4 is 0 Å². The topological polar surface area (TPSA) is 25.8 Å². The summed E-state index contributed by atoms with van der Waals surface area (Å²) in [6, 6.07) is 7.63. The molecule has 0 saturated carbocycles. The smallest absolute Gasteiger partial charge is 0.162 e. The molecule has 0 bridgehead atoms. The molecule has 0 amide bonds. The normalized spacial score (nSPS) is 10.5. The van der Waals surface area contributed by atoms with Crippen molar-refractivity contribution >= 4 is 23.2 Å². The highest BCUT2D eigenvalue weighted by molar-refractivity contribution is 6.33. The van der Waals surface area contributed by atoms with Crippen LogP contribution in [0.1, 0.15) is 11.1 Å². The van der Waals surface area contributed by atoms with Gasteiger partial charge in [-0.05, 0) is 26.0 Å². The van der Waals surface area contributed by atoms with Crippen LogP contribution in [-0.2, 0) is 0 Å².